The fourth-order valence-electron chi connectivity index (χ4n) is 1.63. The van der Waals surface area contributed by atoms with Gasteiger partial charge in [-0.25, -0.2) is 4.39 Å². The number of benzene rings is 1. The van der Waals surface area contributed by atoms with Crippen LogP contribution in [0, 0.1) is 5.82 Å². The molecule has 2 nitrogen and oxygen atoms in total. The minimum atomic E-state index is -0.268. The number of nitrogens with one attached hydrogen (secondary N) is 1. The Morgan fingerprint density at radius 1 is 1.36 bits per heavy atom. The zero-order valence-corrected chi connectivity index (χ0v) is 7.76. The molecule has 14 heavy (non-hydrogen) atoms. The second kappa shape index (κ2) is 3.80. The van der Waals surface area contributed by atoms with E-state index in [0.29, 0.717) is 5.56 Å². The van der Waals surface area contributed by atoms with Crippen LogP contribution in [0.15, 0.2) is 24.3 Å². The maximum absolute atomic E-state index is 13.4. The molecule has 0 unspecified atom stereocenters. The van der Waals surface area contributed by atoms with E-state index in [1.54, 1.807) is 0 Å². The van der Waals surface area contributed by atoms with E-state index in [9.17, 15) is 9.50 Å². The van der Waals surface area contributed by atoms with Crippen molar-refractivity contribution in [2.24, 2.45) is 0 Å². The van der Waals surface area contributed by atoms with Crippen LogP contribution in [-0.2, 0) is 0 Å². The van der Waals surface area contributed by atoms with E-state index in [2.05, 4.69) is 5.32 Å². The van der Waals surface area contributed by atoms with Crippen LogP contribution < -0.4 is 5.32 Å². The van der Waals surface area contributed by atoms with Gasteiger partial charge in [0, 0.05) is 12.1 Å². The summed E-state index contributed by atoms with van der Waals surface area (Å²) in [4.78, 5) is 0. The number of hydrogen-bond acceptors (Lipinski definition) is 2. The summed E-state index contributed by atoms with van der Waals surface area (Å²) >= 11 is 0. The largest absolute Gasteiger partial charge is 0.508 e. The molecule has 0 spiro atoms. The molecule has 1 aromatic carbocycles. The monoisotopic (exact) mass is 193 g/mol. The van der Waals surface area contributed by atoms with Crippen molar-refractivity contribution in [3.63, 3.8) is 0 Å². The van der Waals surface area contributed by atoms with Crippen LogP contribution in [0.4, 0.5) is 4.39 Å². The van der Waals surface area contributed by atoms with Crippen molar-refractivity contribution in [3.05, 3.63) is 35.7 Å². The Bertz CT molecular complexity index is 374. The first kappa shape index (κ1) is 9.21. The van der Waals surface area contributed by atoms with Gasteiger partial charge in [-0.2, -0.15) is 0 Å². The highest BCUT2D eigenvalue weighted by molar-refractivity contribution is 5.68. The van der Waals surface area contributed by atoms with Gasteiger partial charge in [0.15, 0.2) is 0 Å². The highest BCUT2D eigenvalue weighted by atomic mass is 19.1. The van der Waals surface area contributed by atoms with Crippen LogP contribution in [0.3, 0.4) is 0 Å². The summed E-state index contributed by atoms with van der Waals surface area (Å²) in [5, 5.41) is 12.4. The molecule has 0 saturated heterocycles. The molecular weight excluding hydrogens is 181 g/mol. The number of aromatic hydroxyl groups is 1. The van der Waals surface area contributed by atoms with E-state index in [1.807, 2.05) is 6.08 Å². The molecule has 0 aromatic heterocycles. The molecule has 1 heterocycles. The molecule has 1 aliphatic heterocycles. The van der Waals surface area contributed by atoms with Crippen molar-refractivity contribution < 1.29 is 9.50 Å². The Kier molecular flexibility index (Phi) is 2.50. The molecule has 1 aromatic rings. The standard InChI is InChI=1S/C11H12FNO/c12-11-2-1-9(14)7-10(11)8-3-5-13-6-4-8/h1-3,7,13-14H,4-6H2. The average molecular weight is 193 g/mol. The first-order valence-corrected chi connectivity index (χ1v) is 4.66. The number of rotatable bonds is 1. The van der Waals surface area contributed by atoms with E-state index in [1.165, 1.54) is 18.2 Å². The summed E-state index contributed by atoms with van der Waals surface area (Å²) in [6.45, 7) is 1.63. The number of halogens is 1. The molecule has 0 saturated carbocycles. The summed E-state index contributed by atoms with van der Waals surface area (Å²) in [7, 11) is 0. The molecule has 0 bridgehead atoms. The van der Waals surface area contributed by atoms with Gasteiger partial charge in [0.25, 0.3) is 0 Å². The SMILES string of the molecule is Oc1ccc(F)c(C2=CCNCC2)c1. The average Bonchev–Trinajstić information content (AvgIpc) is 2.23. The minimum absolute atomic E-state index is 0.112. The van der Waals surface area contributed by atoms with Gasteiger partial charge < -0.3 is 10.4 Å². The van der Waals surface area contributed by atoms with Crippen LogP contribution in [0.1, 0.15) is 12.0 Å². The normalized spacial score (nSPS) is 16.5. The van der Waals surface area contributed by atoms with Crippen molar-refractivity contribution in [1.29, 1.82) is 0 Å². The summed E-state index contributed by atoms with van der Waals surface area (Å²) in [6, 6.07) is 4.14. The summed E-state index contributed by atoms with van der Waals surface area (Å²) in [5.74, 6) is -0.156. The first-order valence-electron chi connectivity index (χ1n) is 4.66. The van der Waals surface area contributed by atoms with Gasteiger partial charge in [-0.1, -0.05) is 6.08 Å². The van der Waals surface area contributed by atoms with Crippen molar-refractivity contribution >= 4 is 5.57 Å². The topological polar surface area (TPSA) is 32.3 Å². The predicted octanol–water partition coefficient (Wildman–Crippen LogP) is 1.91. The van der Waals surface area contributed by atoms with Crippen LogP contribution in [0.25, 0.3) is 5.57 Å². The van der Waals surface area contributed by atoms with Gasteiger partial charge >= 0.3 is 0 Å². The van der Waals surface area contributed by atoms with Gasteiger partial charge in [0.1, 0.15) is 11.6 Å². The lowest BCUT2D eigenvalue weighted by Crippen LogP contribution is -2.20. The maximum Gasteiger partial charge on any atom is 0.130 e. The fourth-order valence-corrected chi connectivity index (χ4v) is 1.63. The van der Waals surface area contributed by atoms with Gasteiger partial charge in [0.2, 0.25) is 0 Å². The van der Waals surface area contributed by atoms with E-state index < -0.39 is 0 Å². The Labute approximate surface area is 82.1 Å². The number of hydrogen-bond donors (Lipinski definition) is 2. The smallest absolute Gasteiger partial charge is 0.130 e. The lowest BCUT2D eigenvalue weighted by atomic mass is 9.99. The van der Waals surface area contributed by atoms with Crippen LogP contribution in [0.2, 0.25) is 0 Å². The van der Waals surface area contributed by atoms with E-state index in [-0.39, 0.29) is 11.6 Å². The third-order valence-corrected chi connectivity index (χ3v) is 2.36. The second-order valence-electron chi connectivity index (χ2n) is 3.35. The second-order valence-corrected chi connectivity index (χ2v) is 3.35. The zero-order chi connectivity index (χ0) is 9.97. The molecule has 0 atom stereocenters. The first-order chi connectivity index (χ1) is 6.77. The van der Waals surface area contributed by atoms with Gasteiger partial charge in [-0.05, 0) is 36.7 Å². The molecule has 0 amide bonds. The van der Waals surface area contributed by atoms with E-state index in [0.717, 1.165) is 25.1 Å². The summed E-state index contributed by atoms with van der Waals surface area (Å²) in [5.41, 5.74) is 1.49. The summed E-state index contributed by atoms with van der Waals surface area (Å²) in [6.07, 6.45) is 2.77. The van der Waals surface area contributed by atoms with Crippen LogP contribution >= 0.6 is 0 Å². The molecule has 0 fully saturated rings. The number of phenolic OH excluding ortho intramolecular Hbond substituents is 1. The summed E-state index contributed by atoms with van der Waals surface area (Å²) < 4.78 is 13.4. The Hall–Kier alpha value is -1.35. The lowest BCUT2D eigenvalue weighted by Gasteiger charge is -2.14. The molecule has 0 radical (unpaired) electrons. The van der Waals surface area contributed by atoms with E-state index in [4.69, 9.17) is 0 Å². The Morgan fingerprint density at radius 2 is 2.21 bits per heavy atom. The Morgan fingerprint density at radius 3 is 2.93 bits per heavy atom. The third kappa shape index (κ3) is 1.77. The number of phenols is 1. The minimum Gasteiger partial charge on any atom is -0.508 e. The van der Waals surface area contributed by atoms with Crippen molar-refractivity contribution in [2.75, 3.05) is 13.1 Å². The van der Waals surface area contributed by atoms with Crippen molar-refractivity contribution in [2.45, 2.75) is 6.42 Å². The quantitative estimate of drug-likeness (QED) is 0.714. The highest BCUT2D eigenvalue weighted by Crippen LogP contribution is 2.25. The van der Waals surface area contributed by atoms with Gasteiger partial charge in [-0.3, -0.25) is 0 Å². The molecule has 0 aliphatic carbocycles. The van der Waals surface area contributed by atoms with Crippen LogP contribution in [0.5, 0.6) is 5.75 Å². The third-order valence-electron chi connectivity index (χ3n) is 2.36. The molecule has 2 rings (SSSR count). The van der Waals surface area contributed by atoms with Crippen molar-refractivity contribution in [1.82, 2.24) is 5.32 Å². The molecule has 74 valence electrons. The molecule has 3 heteroatoms. The highest BCUT2D eigenvalue weighted by Gasteiger charge is 2.10. The maximum atomic E-state index is 13.4. The van der Waals surface area contributed by atoms with E-state index >= 15 is 0 Å². The zero-order valence-electron chi connectivity index (χ0n) is 7.76. The lowest BCUT2D eigenvalue weighted by molar-refractivity contribution is 0.472. The molecule has 1 aliphatic rings. The van der Waals surface area contributed by atoms with Crippen LogP contribution in [-0.4, -0.2) is 18.2 Å². The molecular formula is C11H12FNO. The predicted molar refractivity (Wildman–Crippen MR) is 53.5 cm³/mol. The van der Waals surface area contributed by atoms with Gasteiger partial charge in [-0.15, -0.1) is 0 Å². The van der Waals surface area contributed by atoms with Crippen molar-refractivity contribution in [3.8, 4) is 5.75 Å². The Balaban J connectivity index is 2.39. The fraction of sp³-hybridized carbons (Fsp3) is 0.273. The molecule has 2 N–H and O–H groups in total. The van der Waals surface area contributed by atoms with Gasteiger partial charge in [0.05, 0.1) is 0 Å².